The van der Waals surface area contributed by atoms with Gasteiger partial charge in [0.15, 0.2) is 0 Å². The van der Waals surface area contributed by atoms with Crippen LogP contribution in [0.25, 0.3) is 5.78 Å². The minimum atomic E-state index is -0.595. The van der Waals surface area contributed by atoms with Gasteiger partial charge in [0.05, 0.1) is 0 Å². The molecule has 0 unspecified atom stereocenters. The van der Waals surface area contributed by atoms with E-state index in [-0.39, 0.29) is 11.6 Å². The van der Waals surface area contributed by atoms with Crippen LogP contribution in [0.4, 0.5) is 5.82 Å². The largest absolute Gasteiger partial charge is 0.430 e. The average molecular weight is 300 g/mol. The summed E-state index contributed by atoms with van der Waals surface area (Å²) in [6, 6.07) is 4.74. The molecule has 0 radical (unpaired) electrons. The number of nitrogens with zero attached hydrogens (tertiary/aromatic N) is 6. The Labute approximate surface area is 124 Å². The van der Waals surface area contributed by atoms with Gasteiger partial charge >= 0.3 is 5.82 Å². The maximum absolute atomic E-state index is 11.0. The highest BCUT2D eigenvalue weighted by atomic mass is 16.6. The second kappa shape index (κ2) is 5.72. The van der Waals surface area contributed by atoms with Crippen LogP contribution in [0.15, 0.2) is 30.7 Å². The number of rotatable bonds is 5. The summed E-state index contributed by atoms with van der Waals surface area (Å²) in [6.45, 7) is 2.03. The van der Waals surface area contributed by atoms with E-state index in [9.17, 15) is 10.1 Å². The second-order valence-electron chi connectivity index (χ2n) is 4.49. The molecule has 0 saturated heterocycles. The second-order valence-corrected chi connectivity index (χ2v) is 4.49. The lowest BCUT2D eigenvalue weighted by molar-refractivity contribution is -0.390. The minimum Gasteiger partial charge on any atom is -0.430 e. The SMILES string of the molecule is CCCc1cc(Oc2cccnc2[N+](=O)[O-])n2ncnc2n1. The third-order valence-electron chi connectivity index (χ3n) is 2.92. The molecule has 3 aromatic heterocycles. The number of pyridine rings is 1. The van der Waals surface area contributed by atoms with Gasteiger partial charge in [0, 0.05) is 11.8 Å². The Balaban J connectivity index is 2.07. The van der Waals surface area contributed by atoms with Gasteiger partial charge in [-0.25, -0.2) is 4.98 Å². The van der Waals surface area contributed by atoms with Crippen molar-refractivity contribution in [3.8, 4) is 11.6 Å². The van der Waals surface area contributed by atoms with E-state index in [4.69, 9.17) is 4.74 Å². The van der Waals surface area contributed by atoms with E-state index in [1.807, 2.05) is 6.92 Å². The zero-order valence-corrected chi connectivity index (χ0v) is 11.7. The van der Waals surface area contributed by atoms with Gasteiger partial charge in [0.2, 0.25) is 11.6 Å². The third-order valence-corrected chi connectivity index (χ3v) is 2.92. The van der Waals surface area contributed by atoms with Crippen LogP contribution in [0.2, 0.25) is 0 Å². The minimum absolute atomic E-state index is 0.0398. The predicted octanol–water partition coefficient (Wildman–Crippen LogP) is 2.17. The number of aromatic nitrogens is 5. The summed E-state index contributed by atoms with van der Waals surface area (Å²) in [5.74, 6) is 0.372. The monoisotopic (exact) mass is 300 g/mol. The van der Waals surface area contributed by atoms with Crippen LogP contribution < -0.4 is 4.74 Å². The number of ether oxygens (including phenoxy) is 1. The fourth-order valence-electron chi connectivity index (χ4n) is 2.00. The van der Waals surface area contributed by atoms with Crippen LogP contribution in [0.3, 0.4) is 0 Å². The Morgan fingerprint density at radius 3 is 3.05 bits per heavy atom. The lowest BCUT2D eigenvalue weighted by Gasteiger charge is -2.08. The zero-order valence-electron chi connectivity index (χ0n) is 11.7. The van der Waals surface area contributed by atoms with Gasteiger partial charge in [0.25, 0.3) is 5.78 Å². The number of aryl methyl sites for hydroxylation is 1. The fraction of sp³-hybridized carbons (Fsp3) is 0.231. The van der Waals surface area contributed by atoms with Crippen molar-refractivity contribution in [2.24, 2.45) is 0 Å². The van der Waals surface area contributed by atoms with E-state index in [0.29, 0.717) is 11.7 Å². The predicted molar refractivity (Wildman–Crippen MR) is 75.7 cm³/mol. The molecule has 9 heteroatoms. The standard InChI is InChI=1S/C13H12N6O3/c1-2-4-9-7-11(18-13(17-9)15-8-16-18)22-10-5-3-6-14-12(10)19(20)21/h3,5-8H,2,4H2,1H3. The maximum atomic E-state index is 11.0. The van der Waals surface area contributed by atoms with Gasteiger partial charge in [-0.15, -0.1) is 0 Å². The molecular formula is C13H12N6O3. The van der Waals surface area contributed by atoms with Gasteiger partial charge in [-0.1, -0.05) is 13.3 Å². The van der Waals surface area contributed by atoms with Gasteiger partial charge in [-0.05, 0) is 28.5 Å². The molecular weight excluding hydrogens is 288 g/mol. The lowest BCUT2D eigenvalue weighted by atomic mass is 10.2. The van der Waals surface area contributed by atoms with Crippen molar-refractivity contribution in [3.05, 3.63) is 46.5 Å². The molecule has 0 aromatic carbocycles. The van der Waals surface area contributed by atoms with Crippen molar-refractivity contribution in [1.82, 2.24) is 24.6 Å². The Morgan fingerprint density at radius 1 is 1.41 bits per heavy atom. The molecule has 0 N–H and O–H groups in total. The molecule has 3 aromatic rings. The molecule has 9 nitrogen and oxygen atoms in total. The molecule has 3 rings (SSSR count). The topological polar surface area (TPSA) is 108 Å². The Bertz CT molecular complexity index is 832. The van der Waals surface area contributed by atoms with Crippen LogP contribution in [-0.4, -0.2) is 29.5 Å². The third kappa shape index (κ3) is 2.55. The Hall–Kier alpha value is -3.10. The first-order chi connectivity index (χ1) is 10.7. The molecule has 0 bridgehead atoms. The summed E-state index contributed by atoms with van der Waals surface area (Å²) in [6.07, 6.45) is 4.34. The van der Waals surface area contributed by atoms with Crippen LogP contribution in [0.1, 0.15) is 19.0 Å². The fourth-order valence-corrected chi connectivity index (χ4v) is 2.00. The highest BCUT2D eigenvalue weighted by molar-refractivity contribution is 5.43. The highest BCUT2D eigenvalue weighted by Gasteiger charge is 2.18. The van der Waals surface area contributed by atoms with E-state index < -0.39 is 4.92 Å². The molecule has 0 aliphatic carbocycles. The highest BCUT2D eigenvalue weighted by Crippen LogP contribution is 2.29. The smallest absolute Gasteiger partial charge is 0.406 e. The van der Waals surface area contributed by atoms with Gasteiger partial charge in [0.1, 0.15) is 12.5 Å². The molecule has 0 amide bonds. The van der Waals surface area contributed by atoms with Gasteiger partial charge in [-0.2, -0.15) is 14.6 Å². The number of hydrogen-bond acceptors (Lipinski definition) is 7. The first-order valence-electron chi connectivity index (χ1n) is 6.66. The average Bonchev–Trinajstić information content (AvgIpc) is 2.96. The number of hydrogen-bond donors (Lipinski definition) is 0. The van der Waals surface area contributed by atoms with Gasteiger partial charge in [-0.3, -0.25) is 0 Å². The first-order valence-corrected chi connectivity index (χ1v) is 6.66. The van der Waals surface area contributed by atoms with E-state index in [2.05, 4.69) is 20.1 Å². The van der Waals surface area contributed by atoms with Crippen molar-refractivity contribution in [2.75, 3.05) is 0 Å². The summed E-state index contributed by atoms with van der Waals surface area (Å²) in [5, 5.41) is 15.0. The van der Waals surface area contributed by atoms with Crippen molar-refractivity contribution in [3.63, 3.8) is 0 Å². The zero-order chi connectivity index (χ0) is 15.5. The summed E-state index contributed by atoms with van der Waals surface area (Å²) >= 11 is 0. The van der Waals surface area contributed by atoms with Crippen molar-refractivity contribution in [1.29, 1.82) is 0 Å². The lowest BCUT2D eigenvalue weighted by Crippen LogP contribution is -2.03. The Kier molecular flexibility index (Phi) is 3.60. The van der Waals surface area contributed by atoms with E-state index in [1.54, 1.807) is 12.1 Å². The summed E-state index contributed by atoms with van der Waals surface area (Å²) in [5.41, 5.74) is 0.782. The van der Waals surface area contributed by atoms with E-state index in [1.165, 1.54) is 23.1 Å². The molecule has 0 aliphatic rings. The first kappa shape index (κ1) is 13.9. The van der Waals surface area contributed by atoms with Crippen LogP contribution in [-0.2, 0) is 6.42 Å². The molecule has 0 spiro atoms. The van der Waals surface area contributed by atoms with E-state index >= 15 is 0 Å². The molecule has 0 fully saturated rings. The Morgan fingerprint density at radius 2 is 2.27 bits per heavy atom. The van der Waals surface area contributed by atoms with Crippen LogP contribution in [0, 0.1) is 10.1 Å². The number of nitro groups is 1. The quantitative estimate of drug-likeness (QED) is 0.524. The normalized spacial score (nSPS) is 10.8. The molecule has 112 valence electrons. The summed E-state index contributed by atoms with van der Waals surface area (Å²) < 4.78 is 7.03. The molecule has 22 heavy (non-hydrogen) atoms. The van der Waals surface area contributed by atoms with Gasteiger partial charge < -0.3 is 14.9 Å². The maximum Gasteiger partial charge on any atom is 0.406 e. The summed E-state index contributed by atoms with van der Waals surface area (Å²) in [7, 11) is 0. The number of fused-ring (bicyclic) bond motifs is 1. The van der Waals surface area contributed by atoms with E-state index in [0.717, 1.165) is 18.5 Å². The van der Waals surface area contributed by atoms with Crippen molar-refractivity contribution in [2.45, 2.75) is 19.8 Å². The van der Waals surface area contributed by atoms with Crippen molar-refractivity contribution >= 4 is 11.6 Å². The van der Waals surface area contributed by atoms with Crippen molar-refractivity contribution < 1.29 is 9.66 Å². The molecule has 0 aliphatic heterocycles. The summed E-state index contributed by atoms with van der Waals surface area (Å²) in [4.78, 5) is 22.5. The van der Waals surface area contributed by atoms with Crippen LogP contribution in [0.5, 0.6) is 11.6 Å². The molecule has 0 atom stereocenters. The van der Waals surface area contributed by atoms with Crippen LogP contribution >= 0.6 is 0 Å². The molecule has 3 heterocycles. The molecule has 0 saturated carbocycles.